The van der Waals surface area contributed by atoms with Gasteiger partial charge in [0.15, 0.2) is 0 Å². The average molecular weight is 245 g/mol. The minimum absolute atomic E-state index is 0.331. The van der Waals surface area contributed by atoms with E-state index in [0.717, 1.165) is 0 Å². The first-order valence-corrected chi connectivity index (χ1v) is 5.53. The van der Waals surface area contributed by atoms with Crippen LogP contribution in [0.4, 0.5) is 4.39 Å². The number of aromatic nitrogens is 3. The number of nitrogens with one attached hydrogen (secondary N) is 1. The van der Waals surface area contributed by atoms with Crippen LogP contribution in [0.1, 0.15) is 11.1 Å². The van der Waals surface area contributed by atoms with Crippen LogP contribution in [-0.2, 0) is 13.1 Å². The molecule has 2 rings (SSSR count). The third-order valence-corrected chi connectivity index (χ3v) is 2.49. The van der Waals surface area contributed by atoms with E-state index < -0.39 is 0 Å². The molecular weight excluding hydrogens is 233 g/mol. The van der Waals surface area contributed by atoms with E-state index in [9.17, 15) is 4.39 Å². The van der Waals surface area contributed by atoms with E-state index in [1.54, 1.807) is 17.1 Å². The van der Waals surface area contributed by atoms with Crippen LogP contribution in [0.15, 0.2) is 30.6 Å². The molecule has 6 heteroatoms. The summed E-state index contributed by atoms with van der Waals surface area (Å²) in [5.74, 6) is -0.331. The van der Waals surface area contributed by atoms with Gasteiger partial charge in [0.2, 0.25) is 0 Å². The fourth-order valence-electron chi connectivity index (χ4n) is 1.59. The highest BCUT2D eigenvalue weighted by Crippen LogP contribution is 2.09. The van der Waals surface area contributed by atoms with Crippen molar-refractivity contribution in [3.05, 3.63) is 47.5 Å². The molecule has 0 spiro atoms. The van der Waals surface area contributed by atoms with E-state index in [-0.39, 0.29) is 5.82 Å². The van der Waals surface area contributed by atoms with Crippen molar-refractivity contribution < 1.29 is 4.39 Å². The second-order valence-electron chi connectivity index (χ2n) is 3.76. The Labute approximate surface area is 104 Å². The summed E-state index contributed by atoms with van der Waals surface area (Å²) in [6.45, 7) is 1.80. The third-order valence-electron chi connectivity index (χ3n) is 2.49. The highest BCUT2D eigenvalue weighted by Gasteiger charge is 2.03. The van der Waals surface area contributed by atoms with Crippen LogP contribution in [0.2, 0.25) is 0 Å². The number of halogens is 1. The maximum Gasteiger partial charge on any atom is 0.123 e. The van der Waals surface area contributed by atoms with E-state index >= 15 is 0 Å². The van der Waals surface area contributed by atoms with Gasteiger partial charge in [0.05, 0.1) is 24.4 Å². The Kier molecular flexibility index (Phi) is 3.99. The zero-order chi connectivity index (χ0) is 12.8. The van der Waals surface area contributed by atoms with Crippen LogP contribution in [0.3, 0.4) is 0 Å². The molecule has 0 amide bonds. The Balaban J connectivity index is 1.86. The van der Waals surface area contributed by atoms with Crippen molar-refractivity contribution in [3.8, 4) is 6.07 Å². The quantitative estimate of drug-likeness (QED) is 0.800. The van der Waals surface area contributed by atoms with Crippen molar-refractivity contribution in [2.45, 2.75) is 13.1 Å². The fourth-order valence-corrected chi connectivity index (χ4v) is 1.59. The number of rotatable bonds is 5. The molecule has 0 radical (unpaired) electrons. The zero-order valence-corrected chi connectivity index (χ0v) is 9.67. The summed E-state index contributed by atoms with van der Waals surface area (Å²) in [7, 11) is 0. The monoisotopic (exact) mass is 245 g/mol. The second kappa shape index (κ2) is 5.89. The SMILES string of the molecule is N#Cc1ccc(F)cc1CNCCn1ccnn1. The topological polar surface area (TPSA) is 66.5 Å². The fraction of sp³-hybridized carbons (Fsp3) is 0.250. The van der Waals surface area contributed by atoms with Gasteiger partial charge in [0.25, 0.3) is 0 Å². The van der Waals surface area contributed by atoms with Gasteiger partial charge in [-0.25, -0.2) is 4.39 Å². The molecule has 92 valence electrons. The van der Waals surface area contributed by atoms with E-state index in [4.69, 9.17) is 5.26 Å². The van der Waals surface area contributed by atoms with Crippen LogP contribution in [0, 0.1) is 17.1 Å². The first kappa shape index (κ1) is 12.2. The lowest BCUT2D eigenvalue weighted by atomic mass is 10.1. The van der Waals surface area contributed by atoms with E-state index in [0.29, 0.717) is 30.8 Å². The summed E-state index contributed by atoms with van der Waals surface area (Å²) in [5.41, 5.74) is 1.15. The Bertz CT molecular complexity index is 544. The van der Waals surface area contributed by atoms with Gasteiger partial charge in [-0.05, 0) is 23.8 Å². The van der Waals surface area contributed by atoms with Gasteiger partial charge in [-0.15, -0.1) is 5.10 Å². The third kappa shape index (κ3) is 3.12. The molecule has 0 fully saturated rings. The molecule has 0 saturated heterocycles. The average Bonchev–Trinajstić information content (AvgIpc) is 2.88. The van der Waals surface area contributed by atoms with E-state index in [1.807, 2.05) is 6.07 Å². The minimum atomic E-state index is -0.331. The lowest BCUT2D eigenvalue weighted by Crippen LogP contribution is -2.20. The molecule has 0 aliphatic rings. The zero-order valence-electron chi connectivity index (χ0n) is 9.67. The smallest absolute Gasteiger partial charge is 0.123 e. The molecule has 2 aromatic rings. The highest BCUT2D eigenvalue weighted by molar-refractivity contribution is 5.37. The van der Waals surface area contributed by atoms with Gasteiger partial charge in [-0.1, -0.05) is 5.21 Å². The Hall–Kier alpha value is -2.26. The number of nitriles is 1. The van der Waals surface area contributed by atoms with Crippen molar-refractivity contribution in [1.82, 2.24) is 20.3 Å². The van der Waals surface area contributed by atoms with Gasteiger partial charge in [0.1, 0.15) is 5.82 Å². The van der Waals surface area contributed by atoms with Gasteiger partial charge >= 0.3 is 0 Å². The Morgan fingerprint density at radius 3 is 3.06 bits per heavy atom. The molecule has 1 heterocycles. The number of benzene rings is 1. The summed E-state index contributed by atoms with van der Waals surface area (Å²) in [4.78, 5) is 0. The molecule has 1 aromatic carbocycles. The van der Waals surface area contributed by atoms with Gasteiger partial charge < -0.3 is 5.32 Å². The van der Waals surface area contributed by atoms with Crippen molar-refractivity contribution in [1.29, 1.82) is 5.26 Å². The first-order valence-electron chi connectivity index (χ1n) is 5.53. The maximum absolute atomic E-state index is 13.1. The molecule has 18 heavy (non-hydrogen) atoms. The number of hydrogen-bond donors (Lipinski definition) is 1. The van der Waals surface area contributed by atoms with Crippen molar-refractivity contribution in [3.63, 3.8) is 0 Å². The van der Waals surface area contributed by atoms with Crippen LogP contribution < -0.4 is 5.32 Å². The molecule has 0 aliphatic heterocycles. The van der Waals surface area contributed by atoms with E-state index in [1.165, 1.54) is 18.2 Å². The summed E-state index contributed by atoms with van der Waals surface area (Å²) in [6.07, 6.45) is 3.38. The van der Waals surface area contributed by atoms with Crippen molar-refractivity contribution in [2.75, 3.05) is 6.54 Å². The molecule has 1 N–H and O–H groups in total. The lowest BCUT2D eigenvalue weighted by molar-refractivity contribution is 0.538. The Morgan fingerprint density at radius 2 is 2.33 bits per heavy atom. The normalized spacial score (nSPS) is 10.2. The second-order valence-corrected chi connectivity index (χ2v) is 3.76. The van der Waals surface area contributed by atoms with Gasteiger partial charge in [-0.2, -0.15) is 5.26 Å². The maximum atomic E-state index is 13.1. The predicted octanol–water partition coefficient (Wildman–Crippen LogP) is 1.08. The van der Waals surface area contributed by atoms with Crippen LogP contribution >= 0.6 is 0 Å². The molecule has 5 nitrogen and oxygen atoms in total. The van der Waals surface area contributed by atoms with Gasteiger partial charge in [0, 0.05) is 19.3 Å². The summed E-state index contributed by atoms with van der Waals surface area (Å²) < 4.78 is 14.8. The van der Waals surface area contributed by atoms with Crippen molar-refractivity contribution in [2.24, 2.45) is 0 Å². The van der Waals surface area contributed by atoms with Crippen LogP contribution in [0.5, 0.6) is 0 Å². The van der Waals surface area contributed by atoms with Crippen LogP contribution in [0.25, 0.3) is 0 Å². The Morgan fingerprint density at radius 1 is 1.44 bits per heavy atom. The van der Waals surface area contributed by atoms with Crippen LogP contribution in [-0.4, -0.2) is 21.5 Å². The molecule has 0 atom stereocenters. The molecule has 0 aliphatic carbocycles. The minimum Gasteiger partial charge on any atom is -0.311 e. The predicted molar refractivity (Wildman–Crippen MR) is 62.8 cm³/mol. The molecular formula is C12H12FN5. The molecule has 0 saturated carbocycles. The van der Waals surface area contributed by atoms with Crippen molar-refractivity contribution >= 4 is 0 Å². The molecule has 0 unspecified atom stereocenters. The summed E-state index contributed by atoms with van der Waals surface area (Å²) in [5, 5.41) is 19.5. The molecule has 1 aromatic heterocycles. The molecule has 0 bridgehead atoms. The first-order chi connectivity index (χ1) is 8.79. The number of nitrogens with zero attached hydrogens (tertiary/aromatic N) is 4. The van der Waals surface area contributed by atoms with E-state index in [2.05, 4.69) is 15.6 Å². The highest BCUT2D eigenvalue weighted by atomic mass is 19.1. The number of hydrogen-bond acceptors (Lipinski definition) is 4. The van der Waals surface area contributed by atoms with Gasteiger partial charge in [-0.3, -0.25) is 4.68 Å². The summed E-state index contributed by atoms with van der Waals surface area (Å²) >= 11 is 0. The largest absolute Gasteiger partial charge is 0.311 e. The summed E-state index contributed by atoms with van der Waals surface area (Å²) in [6, 6.07) is 6.20. The lowest BCUT2D eigenvalue weighted by Gasteiger charge is -2.06. The standard InChI is InChI=1S/C12H12FN5/c13-12-2-1-10(8-14)11(7-12)9-15-3-5-18-6-4-16-17-18/h1-2,4,6-7,15H,3,5,9H2.